The van der Waals surface area contributed by atoms with Crippen LogP contribution in [-0.4, -0.2) is 31.3 Å². The molecule has 0 aliphatic rings. The highest BCUT2D eigenvalue weighted by Crippen LogP contribution is 2.20. The second-order valence-electron chi connectivity index (χ2n) is 5.99. The van der Waals surface area contributed by atoms with Gasteiger partial charge in [0.25, 0.3) is 0 Å². The minimum atomic E-state index is -0.247. The molecule has 1 atom stereocenters. The van der Waals surface area contributed by atoms with Crippen LogP contribution in [0, 0.1) is 0 Å². The standard InChI is InChI=1S/C20H27N3O2/c1-3-23(2)18-12-7-11-17(15-18)21-20(25)22-19(13-8-14-24)16-9-5-4-6-10-16/h4-7,9-12,15,19,24H,3,8,13-14H2,1-2H3,(H2,21,22,25). The van der Waals surface area contributed by atoms with Gasteiger partial charge in [-0.3, -0.25) is 0 Å². The van der Waals surface area contributed by atoms with Crippen molar-refractivity contribution >= 4 is 17.4 Å². The van der Waals surface area contributed by atoms with Crippen LogP contribution in [0.5, 0.6) is 0 Å². The van der Waals surface area contributed by atoms with Crippen LogP contribution in [0.25, 0.3) is 0 Å². The lowest BCUT2D eigenvalue weighted by atomic mass is 10.0. The third kappa shape index (κ3) is 5.80. The number of nitrogens with zero attached hydrogens (tertiary/aromatic N) is 1. The van der Waals surface area contributed by atoms with Crippen LogP contribution < -0.4 is 15.5 Å². The second-order valence-corrected chi connectivity index (χ2v) is 5.99. The van der Waals surface area contributed by atoms with Gasteiger partial charge in [0.05, 0.1) is 6.04 Å². The molecular formula is C20H27N3O2. The molecule has 134 valence electrons. The van der Waals surface area contributed by atoms with E-state index in [9.17, 15) is 4.79 Å². The molecule has 2 aromatic carbocycles. The van der Waals surface area contributed by atoms with E-state index in [-0.39, 0.29) is 18.7 Å². The normalized spacial score (nSPS) is 11.6. The lowest BCUT2D eigenvalue weighted by molar-refractivity contribution is 0.244. The van der Waals surface area contributed by atoms with Crippen molar-refractivity contribution in [3.05, 3.63) is 60.2 Å². The molecule has 5 nitrogen and oxygen atoms in total. The summed E-state index contributed by atoms with van der Waals surface area (Å²) >= 11 is 0. The van der Waals surface area contributed by atoms with Gasteiger partial charge >= 0.3 is 6.03 Å². The SMILES string of the molecule is CCN(C)c1cccc(NC(=O)NC(CCCO)c2ccccc2)c1. The van der Waals surface area contributed by atoms with Crippen molar-refractivity contribution in [3.63, 3.8) is 0 Å². The molecule has 0 bridgehead atoms. The van der Waals surface area contributed by atoms with E-state index in [1.54, 1.807) is 0 Å². The van der Waals surface area contributed by atoms with Gasteiger partial charge in [-0.05, 0) is 43.5 Å². The summed E-state index contributed by atoms with van der Waals surface area (Å²) in [5.41, 5.74) is 2.84. The molecule has 1 unspecified atom stereocenters. The van der Waals surface area contributed by atoms with Crippen LogP contribution in [-0.2, 0) is 0 Å². The van der Waals surface area contributed by atoms with Gasteiger partial charge < -0.3 is 20.6 Å². The molecule has 0 fully saturated rings. The number of carbonyl (C=O) groups excluding carboxylic acids is 1. The maximum Gasteiger partial charge on any atom is 0.319 e. The fourth-order valence-corrected chi connectivity index (χ4v) is 2.63. The van der Waals surface area contributed by atoms with Gasteiger partial charge in [-0.2, -0.15) is 0 Å². The topological polar surface area (TPSA) is 64.6 Å². The molecule has 0 radical (unpaired) electrons. The quantitative estimate of drug-likeness (QED) is 0.685. The van der Waals surface area contributed by atoms with E-state index in [4.69, 9.17) is 5.11 Å². The maximum absolute atomic E-state index is 12.4. The number of anilines is 2. The summed E-state index contributed by atoms with van der Waals surface area (Å²) in [5, 5.41) is 15.0. The molecule has 0 aromatic heterocycles. The third-order valence-electron chi connectivity index (χ3n) is 4.18. The number of hydrogen-bond donors (Lipinski definition) is 3. The van der Waals surface area contributed by atoms with Gasteiger partial charge in [-0.25, -0.2) is 4.79 Å². The molecule has 0 saturated carbocycles. The van der Waals surface area contributed by atoms with Crippen molar-refractivity contribution in [3.8, 4) is 0 Å². The van der Waals surface area contributed by atoms with Crippen LogP contribution in [0.3, 0.4) is 0 Å². The minimum Gasteiger partial charge on any atom is -0.396 e. The molecule has 0 spiro atoms. The number of nitrogens with one attached hydrogen (secondary N) is 2. The number of aliphatic hydroxyl groups is 1. The van der Waals surface area contributed by atoms with Gasteiger partial charge in [0, 0.05) is 31.6 Å². The Kier molecular flexibility index (Phi) is 7.29. The van der Waals surface area contributed by atoms with E-state index in [1.807, 2.05) is 61.6 Å². The number of hydrogen-bond acceptors (Lipinski definition) is 3. The molecular weight excluding hydrogens is 314 g/mol. The van der Waals surface area contributed by atoms with Crippen molar-refractivity contribution in [2.24, 2.45) is 0 Å². The molecule has 0 heterocycles. The largest absolute Gasteiger partial charge is 0.396 e. The molecule has 3 N–H and O–H groups in total. The predicted octanol–water partition coefficient (Wildman–Crippen LogP) is 3.78. The molecule has 0 aliphatic heterocycles. The number of aliphatic hydroxyl groups excluding tert-OH is 1. The zero-order valence-electron chi connectivity index (χ0n) is 14.9. The minimum absolute atomic E-state index is 0.109. The van der Waals surface area contributed by atoms with Crippen molar-refractivity contribution in [2.75, 3.05) is 30.4 Å². The maximum atomic E-state index is 12.4. The molecule has 5 heteroatoms. The summed E-state index contributed by atoms with van der Waals surface area (Å²) in [4.78, 5) is 14.5. The van der Waals surface area contributed by atoms with Crippen LogP contribution in [0.4, 0.5) is 16.2 Å². The molecule has 0 aliphatic carbocycles. The smallest absolute Gasteiger partial charge is 0.319 e. The highest BCUT2D eigenvalue weighted by molar-refractivity contribution is 5.90. The highest BCUT2D eigenvalue weighted by Gasteiger charge is 2.14. The van der Waals surface area contributed by atoms with Crippen LogP contribution in [0.1, 0.15) is 31.4 Å². The Morgan fingerprint density at radius 1 is 1.16 bits per heavy atom. The highest BCUT2D eigenvalue weighted by atomic mass is 16.3. The zero-order valence-corrected chi connectivity index (χ0v) is 14.9. The van der Waals surface area contributed by atoms with Crippen LogP contribution in [0.15, 0.2) is 54.6 Å². The molecule has 2 rings (SSSR count). The number of carbonyl (C=O) groups is 1. The Bertz CT molecular complexity index is 661. The summed E-state index contributed by atoms with van der Waals surface area (Å²) < 4.78 is 0. The first-order valence-corrected chi connectivity index (χ1v) is 8.68. The lowest BCUT2D eigenvalue weighted by Gasteiger charge is -2.20. The summed E-state index contributed by atoms with van der Waals surface area (Å²) in [5.74, 6) is 0. The van der Waals surface area contributed by atoms with E-state index in [0.717, 1.165) is 23.5 Å². The van der Waals surface area contributed by atoms with Crippen molar-refractivity contribution < 1.29 is 9.90 Å². The Morgan fingerprint density at radius 3 is 2.60 bits per heavy atom. The predicted molar refractivity (Wildman–Crippen MR) is 103 cm³/mol. The average Bonchev–Trinajstić information content (AvgIpc) is 2.65. The zero-order chi connectivity index (χ0) is 18.1. The first kappa shape index (κ1) is 18.8. The van der Waals surface area contributed by atoms with Crippen molar-refractivity contribution in [1.82, 2.24) is 5.32 Å². The van der Waals surface area contributed by atoms with Gasteiger partial charge in [0.2, 0.25) is 0 Å². The van der Waals surface area contributed by atoms with Gasteiger partial charge in [0.1, 0.15) is 0 Å². The fourth-order valence-electron chi connectivity index (χ4n) is 2.63. The van der Waals surface area contributed by atoms with E-state index in [1.165, 1.54) is 0 Å². The average molecular weight is 341 g/mol. The molecule has 0 saturated heterocycles. The van der Waals surface area contributed by atoms with E-state index < -0.39 is 0 Å². The van der Waals surface area contributed by atoms with Gasteiger partial charge in [-0.1, -0.05) is 36.4 Å². The number of amides is 2. The van der Waals surface area contributed by atoms with E-state index in [2.05, 4.69) is 22.5 Å². The lowest BCUT2D eigenvalue weighted by Crippen LogP contribution is -2.32. The van der Waals surface area contributed by atoms with E-state index in [0.29, 0.717) is 12.8 Å². The Hall–Kier alpha value is -2.53. The second kappa shape index (κ2) is 9.69. The number of rotatable bonds is 8. The number of benzene rings is 2. The van der Waals surface area contributed by atoms with E-state index >= 15 is 0 Å². The van der Waals surface area contributed by atoms with Crippen LogP contribution >= 0.6 is 0 Å². The first-order valence-electron chi connectivity index (χ1n) is 8.68. The third-order valence-corrected chi connectivity index (χ3v) is 4.18. The molecule has 25 heavy (non-hydrogen) atoms. The fraction of sp³-hybridized carbons (Fsp3) is 0.350. The van der Waals surface area contributed by atoms with Gasteiger partial charge in [-0.15, -0.1) is 0 Å². The Morgan fingerprint density at radius 2 is 1.92 bits per heavy atom. The molecule has 2 aromatic rings. The summed E-state index contributed by atoms with van der Waals surface area (Å²) in [6.45, 7) is 3.09. The van der Waals surface area contributed by atoms with Crippen molar-refractivity contribution in [1.29, 1.82) is 0 Å². The number of urea groups is 1. The van der Waals surface area contributed by atoms with Crippen molar-refractivity contribution in [2.45, 2.75) is 25.8 Å². The Labute approximate surface area is 149 Å². The monoisotopic (exact) mass is 341 g/mol. The van der Waals surface area contributed by atoms with Gasteiger partial charge in [0.15, 0.2) is 0 Å². The summed E-state index contributed by atoms with van der Waals surface area (Å²) in [7, 11) is 2.01. The summed E-state index contributed by atoms with van der Waals surface area (Å²) in [6.07, 6.45) is 1.32. The summed E-state index contributed by atoms with van der Waals surface area (Å²) in [6, 6.07) is 17.2. The first-order chi connectivity index (χ1) is 12.1. The molecule has 2 amide bonds. The Balaban J connectivity index is 2.03. The van der Waals surface area contributed by atoms with Crippen LogP contribution in [0.2, 0.25) is 0 Å².